The Morgan fingerprint density at radius 3 is 2.61 bits per heavy atom. The zero-order valence-corrected chi connectivity index (χ0v) is 19.6. The first-order valence-corrected chi connectivity index (χ1v) is 9.44. The molecule has 2 N–H and O–H groups in total. The Morgan fingerprint density at radius 2 is 1.96 bits per heavy atom. The number of carbonyl (C=O) groups excluding carboxylic acids is 1. The molecule has 0 aromatic heterocycles. The lowest BCUT2D eigenvalue weighted by Gasteiger charge is -2.26. The number of esters is 1. The highest BCUT2D eigenvalue weighted by Gasteiger charge is 2.18. The number of morpholine rings is 1. The third-order valence-electron chi connectivity index (χ3n) is 4.07. The summed E-state index contributed by atoms with van der Waals surface area (Å²) < 4.78 is 10.8. The lowest BCUT2D eigenvalue weighted by molar-refractivity contribution is 0.00694. The molecule has 1 aliphatic heterocycles. The SMILES string of the molecule is CN=C(NCCN1CCOCC1)NCc1cccc(C(=O)OC(C)(C)C)c1.I. The summed E-state index contributed by atoms with van der Waals surface area (Å²) in [6, 6.07) is 7.46. The molecule has 0 aliphatic carbocycles. The van der Waals surface area contributed by atoms with Crippen molar-refractivity contribution >= 4 is 35.9 Å². The molecule has 1 aromatic rings. The summed E-state index contributed by atoms with van der Waals surface area (Å²) in [6.45, 7) is 11.5. The van der Waals surface area contributed by atoms with Crippen LogP contribution in [-0.4, -0.2) is 68.9 Å². The van der Waals surface area contributed by atoms with Crippen molar-refractivity contribution in [2.75, 3.05) is 46.4 Å². The van der Waals surface area contributed by atoms with Gasteiger partial charge < -0.3 is 20.1 Å². The fraction of sp³-hybridized carbons (Fsp3) is 0.600. The van der Waals surface area contributed by atoms with E-state index in [1.807, 2.05) is 39.0 Å². The third-order valence-corrected chi connectivity index (χ3v) is 4.07. The molecule has 0 amide bonds. The number of ether oxygens (including phenoxy) is 2. The van der Waals surface area contributed by atoms with E-state index in [4.69, 9.17) is 9.47 Å². The van der Waals surface area contributed by atoms with Gasteiger partial charge >= 0.3 is 5.97 Å². The topological polar surface area (TPSA) is 75.2 Å². The zero-order valence-electron chi connectivity index (χ0n) is 17.3. The van der Waals surface area contributed by atoms with Crippen molar-refractivity contribution in [3.05, 3.63) is 35.4 Å². The van der Waals surface area contributed by atoms with E-state index in [9.17, 15) is 4.79 Å². The van der Waals surface area contributed by atoms with E-state index < -0.39 is 5.60 Å². The zero-order chi connectivity index (χ0) is 19.7. The standard InChI is InChI=1S/C20H32N4O3.HI/c1-20(2,3)27-18(25)17-7-5-6-16(14-17)15-23-19(21-4)22-8-9-24-10-12-26-13-11-24;/h5-7,14H,8-13,15H2,1-4H3,(H2,21,22,23);1H. The lowest BCUT2D eigenvalue weighted by Crippen LogP contribution is -2.44. The van der Waals surface area contributed by atoms with Crippen LogP contribution in [0.15, 0.2) is 29.3 Å². The number of aliphatic imine (C=N–C) groups is 1. The van der Waals surface area contributed by atoms with Gasteiger partial charge in [0.25, 0.3) is 0 Å². The number of benzene rings is 1. The smallest absolute Gasteiger partial charge is 0.338 e. The average molecular weight is 504 g/mol. The van der Waals surface area contributed by atoms with Gasteiger partial charge in [0.1, 0.15) is 5.60 Å². The van der Waals surface area contributed by atoms with Gasteiger partial charge in [0.05, 0.1) is 18.8 Å². The van der Waals surface area contributed by atoms with Gasteiger partial charge in [-0.15, -0.1) is 24.0 Å². The van der Waals surface area contributed by atoms with Crippen molar-refractivity contribution in [1.82, 2.24) is 15.5 Å². The highest BCUT2D eigenvalue weighted by atomic mass is 127. The minimum atomic E-state index is -0.502. The summed E-state index contributed by atoms with van der Waals surface area (Å²) in [6.07, 6.45) is 0. The van der Waals surface area contributed by atoms with Crippen molar-refractivity contribution in [3.63, 3.8) is 0 Å². The van der Waals surface area contributed by atoms with E-state index in [2.05, 4.69) is 20.5 Å². The second-order valence-corrected chi connectivity index (χ2v) is 7.51. The molecule has 158 valence electrons. The molecule has 1 heterocycles. The third kappa shape index (κ3) is 9.20. The molecule has 0 radical (unpaired) electrons. The van der Waals surface area contributed by atoms with E-state index in [-0.39, 0.29) is 29.9 Å². The average Bonchev–Trinajstić information content (AvgIpc) is 2.64. The van der Waals surface area contributed by atoms with Gasteiger partial charge in [-0.3, -0.25) is 9.89 Å². The molecular weight excluding hydrogens is 471 g/mol. The molecule has 28 heavy (non-hydrogen) atoms. The van der Waals surface area contributed by atoms with Crippen molar-refractivity contribution < 1.29 is 14.3 Å². The van der Waals surface area contributed by atoms with Gasteiger partial charge in [-0.1, -0.05) is 12.1 Å². The highest BCUT2D eigenvalue weighted by Crippen LogP contribution is 2.13. The Balaban J connectivity index is 0.00000392. The predicted octanol–water partition coefficient (Wildman–Crippen LogP) is 2.26. The van der Waals surface area contributed by atoms with E-state index in [0.717, 1.165) is 50.9 Å². The number of hydrogen-bond donors (Lipinski definition) is 2. The molecule has 1 aliphatic rings. The number of rotatable bonds is 6. The Bertz CT molecular complexity index is 641. The van der Waals surface area contributed by atoms with Crippen LogP contribution in [-0.2, 0) is 16.0 Å². The molecule has 1 saturated heterocycles. The Labute approximate surface area is 185 Å². The van der Waals surface area contributed by atoms with Crippen molar-refractivity contribution in [3.8, 4) is 0 Å². The number of carbonyl (C=O) groups is 1. The van der Waals surface area contributed by atoms with Gasteiger partial charge in [-0.05, 0) is 38.5 Å². The molecule has 0 spiro atoms. The fourth-order valence-electron chi connectivity index (χ4n) is 2.71. The van der Waals surface area contributed by atoms with Crippen LogP contribution in [0.1, 0.15) is 36.7 Å². The van der Waals surface area contributed by atoms with Gasteiger partial charge in [0.15, 0.2) is 5.96 Å². The van der Waals surface area contributed by atoms with Gasteiger partial charge in [-0.25, -0.2) is 4.79 Å². The summed E-state index contributed by atoms with van der Waals surface area (Å²) in [7, 11) is 1.75. The molecule has 2 rings (SSSR count). The molecule has 0 saturated carbocycles. The van der Waals surface area contributed by atoms with Crippen LogP contribution in [0.5, 0.6) is 0 Å². The summed E-state index contributed by atoms with van der Waals surface area (Å²) >= 11 is 0. The van der Waals surface area contributed by atoms with E-state index in [0.29, 0.717) is 12.1 Å². The monoisotopic (exact) mass is 504 g/mol. The van der Waals surface area contributed by atoms with Crippen molar-refractivity contribution in [2.45, 2.75) is 32.9 Å². The molecule has 7 nitrogen and oxygen atoms in total. The number of nitrogens with zero attached hydrogens (tertiary/aromatic N) is 2. The highest BCUT2D eigenvalue weighted by molar-refractivity contribution is 14.0. The first-order chi connectivity index (χ1) is 12.9. The quantitative estimate of drug-likeness (QED) is 0.268. The molecule has 1 fully saturated rings. The molecule has 8 heteroatoms. The van der Waals surface area contributed by atoms with Crippen LogP contribution >= 0.6 is 24.0 Å². The molecule has 0 bridgehead atoms. The molecule has 1 aromatic carbocycles. The maximum Gasteiger partial charge on any atom is 0.338 e. The predicted molar refractivity (Wildman–Crippen MR) is 122 cm³/mol. The Kier molecular flexibility index (Phi) is 10.8. The summed E-state index contributed by atoms with van der Waals surface area (Å²) in [5.41, 5.74) is 1.05. The largest absolute Gasteiger partial charge is 0.456 e. The van der Waals surface area contributed by atoms with Crippen LogP contribution in [0.3, 0.4) is 0 Å². The van der Waals surface area contributed by atoms with Gasteiger partial charge in [0.2, 0.25) is 0 Å². The minimum Gasteiger partial charge on any atom is -0.456 e. The van der Waals surface area contributed by atoms with E-state index in [1.54, 1.807) is 13.1 Å². The number of halogens is 1. The minimum absolute atomic E-state index is 0. The Hall–Kier alpha value is -1.39. The molecule has 0 unspecified atom stereocenters. The Morgan fingerprint density at radius 1 is 1.25 bits per heavy atom. The normalized spacial score (nSPS) is 15.5. The second-order valence-electron chi connectivity index (χ2n) is 7.51. The van der Waals surface area contributed by atoms with Crippen LogP contribution < -0.4 is 10.6 Å². The summed E-state index contributed by atoms with van der Waals surface area (Å²) in [5, 5.41) is 6.60. The first kappa shape index (κ1) is 24.6. The maximum atomic E-state index is 12.2. The molecular formula is C20H33IN4O3. The lowest BCUT2D eigenvalue weighted by atomic mass is 10.1. The fourth-order valence-corrected chi connectivity index (χ4v) is 2.71. The number of guanidine groups is 1. The van der Waals surface area contributed by atoms with Crippen LogP contribution in [0.4, 0.5) is 0 Å². The van der Waals surface area contributed by atoms with E-state index in [1.165, 1.54) is 0 Å². The molecule has 0 atom stereocenters. The van der Waals surface area contributed by atoms with Crippen LogP contribution in [0, 0.1) is 0 Å². The number of hydrogen-bond acceptors (Lipinski definition) is 5. The van der Waals surface area contributed by atoms with Crippen molar-refractivity contribution in [2.24, 2.45) is 4.99 Å². The second kappa shape index (κ2) is 12.2. The van der Waals surface area contributed by atoms with Gasteiger partial charge in [0, 0.05) is 39.8 Å². The number of nitrogens with one attached hydrogen (secondary N) is 2. The summed E-state index contributed by atoms with van der Waals surface area (Å²) in [5.74, 6) is 0.434. The van der Waals surface area contributed by atoms with Crippen LogP contribution in [0.25, 0.3) is 0 Å². The van der Waals surface area contributed by atoms with Gasteiger partial charge in [-0.2, -0.15) is 0 Å². The first-order valence-electron chi connectivity index (χ1n) is 9.44. The van der Waals surface area contributed by atoms with Crippen LogP contribution in [0.2, 0.25) is 0 Å². The van der Waals surface area contributed by atoms with Crippen molar-refractivity contribution in [1.29, 1.82) is 0 Å². The summed E-state index contributed by atoms with van der Waals surface area (Å²) in [4.78, 5) is 18.8. The maximum absolute atomic E-state index is 12.2. The van der Waals surface area contributed by atoms with E-state index >= 15 is 0 Å².